The van der Waals surface area contributed by atoms with Crippen LogP contribution in [0.1, 0.15) is 27.2 Å². The van der Waals surface area contributed by atoms with Crippen molar-refractivity contribution in [2.45, 2.75) is 27.2 Å². The summed E-state index contributed by atoms with van der Waals surface area (Å²) in [7, 11) is 2.02. The number of nitrogens with zero attached hydrogens (tertiary/aromatic N) is 1. The van der Waals surface area contributed by atoms with Gasteiger partial charge in [0.15, 0.2) is 0 Å². The summed E-state index contributed by atoms with van der Waals surface area (Å²) in [6.45, 7) is 8.19. The minimum Gasteiger partial charge on any atom is -0.397 e. The summed E-state index contributed by atoms with van der Waals surface area (Å²) in [6.07, 6.45) is 0.429. The molecule has 0 aromatic heterocycles. The fraction of sp³-hybridized carbons (Fsp3) is 0.533. The minimum atomic E-state index is -0.0558. The molecule has 1 rings (SSSR count). The van der Waals surface area contributed by atoms with Crippen molar-refractivity contribution in [3.63, 3.8) is 0 Å². The van der Waals surface area contributed by atoms with Crippen molar-refractivity contribution in [2.24, 2.45) is 5.41 Å². The van der Waals surface area contributed by atoms with Gasteiger partial charge < -0.3 is 16.0 Å². The molecule has 0 aliphatic carbocycles. The van der Waals surface area contributed by atoms with Crippen LogP contribution in [0.3, 0.4) is 0 Å². The van der Waals surface area contributed by atoms with Gasteiger partial charge >= 0.3 is 0 Å². The third kappa shape index (κ3) is 6.26. The number of benzene rings is 1. The maximum atomic E-state index is 11.9. The van der Waals surface area contributed by atoms with Crippen LogP contribution in [0, 0.1) is 5.41 Å². The van der Waals surface area contributed by atoms with E-state index in [1.54, 1.807) is 18.2 Å². The number of carbonyl (C=O) groups is 1. The van der Waals surface area contributed by atoms with Crippen molar-refractivity contribution in [2.75, 3.05) is 31.2 Å². The van der Waals surface area contributed by atoms with E-state index >= 15 is 0 Å². The third-order valence-electron chi connectivity index (χ3n) is 2.75. The van der Waals surface area contributed by atoms with Crippen molar-refractivity contribution in [3.05, 3.63) is 23.2 Å². The Morgan fingerprint density at radius 3 is 2.65 bits per heavy atom. The summed E-state index contributed by atoms with van der Waals surface area (Å²) in [4.78, 5) is 14.1. The molecular weight excluding hydrogens is 274 g/mol. The first-order valence-corrected chi connectivity index (χ1v) is 7.08. The van der Waals surface area contributed by atoms with Gasteiger partial charge in [-0.05, 0) is 30.7 Å². The number of nitrogens with two attached hydrogens (primary N) is 1. The van der Waals surface area contributed by atoms with Crippen molar-refractivity contribution in [1.29, 1.82) is 0 Å². The standard InChI is InChI=1S/C15H24ClN3O/c1-15(2,3)10-19(4)8-7-14(20)18-13-9-11(16)5-6-12(13)17/h5-6,9H,7-8,10,17H2,1-4H3,(H,18,20). The second kappa shape index (κ2) is 6.95. The van der Waals surface area contributed by atoms with E-state index in [1.165, 1.54) is 0 Å². The Bertz CT molecular complexity index is 469. The summed E-state index contributed by atoms with van der Waals surface area (Å²) in [6, 6.07) is 5.04. The molecule has 0 fully saturated rings. The number of carbonyl (C=O) groups excluding carboxylic acids is 1. The summed E-state index contributed by atoms with van der Waals surface area (Å²) in [5.41, 5.74) is 7.11. The van der Waals surface area contributed by atoms with Gasteiger partial charge in [-0.1, -0.05) is 32.4 Å². The molecule has 1 aromatic rings. The van der Waals surface area contributed by atoms with E-state index in [-0.39, 0.29) is 11.3 Å². The lowest BCUT2D eigenvalue weighted by Gasteiger charge is -2.26. The van der Waals surface area contributed by atoms with Gasteiger partial charge in [0.1, 0.15) is 0 Å². The van der Waals surface area contributed by atoms with Crippen molar-refractivity contribution in [1.82, 2.24) is 4.90 Å². The van der Waals surface area contributed by atoms with Gasteiger partial charge in [0.2, 0.25) is 5.91 Å². The van der Waals surface area contributed by atoms with Crippen LogP contribution < -0.4 is 11.1 Å². The lowest BCUT2D eigenvalue weighted by atomic mass is 9.96. The zero-order valence-electron chi connectivity index (χ0n) is 12.7. The number of rotatable bonds is 5. The molecule has 0 aliphatic rings. The number of halogens is 1. The molecule has 0 saturated heterocycles. The third-order valence-corrected chi connectivity index (χ3v) is 2.99. The number of amides is 1. The Hall–Kier alpha value is -1.26. The monoisotopic (exact) mass is 297 g/mol. The zero-order chi connectivity index (χ0) is 15.3. The summed E-state index contributed by atoms with van der Waals surface area (Å²) >= 11 is 5.89. The minimum absolute atomic E-state index is 0.0558. The van der Waals surface area contributed by atoms with Gasteiger partial charge in [-0.2, -0.15) is 0 Å². The van der Waals surface area contributed by atoms with E-state index < -0.39 is 0 Å². The van der Waals surface area contributed by atoms with Crippen LogP contribution >= 0.6 is 11.6 Å². The molecule has 20 heavy (non-hydrogen) atoms. The Morgan fingerprint density at radius 1 is 1.40 bits per heavy atom. The zero-order valence-corrected chi connectivity index (χ0v) is 13.4. The number of hydrogen-bond acceptors (Lipinski definition) is 3. The van der Waals surface area contributed by atoms with Crippen molar-refractivity contribution in [3.8, 4) is 0 Å². The molecule has 5 heteroatoms. The summed E-state index contributed by atoms with van der Waals surface area (Å²) in [5.74, 6) is -0.0558. The van der Waals surface area contributed by atoms with Crippen LogP contribution in [0.4, 0.5) is 11.4 Å². The first-order chi connectivity index (χ1) is 9.17. The smallest absolute Gasteiger partial charge is 0.225 e. The fourth-order valence-corrected chi connectivity index (χ4v) is 2.20. The highest BCUT2D eigenvalue weighted by atomic mass is 35.5. The van der Waals surface area contributed by atoms with Gasteiger partial charge in [-0.3, -0.25) is 4.79 Å². The molecule has 0 bridgehead atoms. The van der Waals surface area contributed by atoms with E-state index in [2.05, 4.69) is 31.0 Å². The van der Waals surface area contributed by atoms with E-state index in [0.29, 0.717) is 29.4 Å². The van der Waals surface area contributed by atoms with Crippen molar-refractivity contribution >= 4 is 28.9 Å². The predicted octanol–water partition coefficient (Wildman–Crippen LogP) is 3.23. The first-order valence-electron chi connectivity index (χ1n) is 6.71. The van der Waals surface area contributed by atoms with Gasteiger partial charge in [-0.15, -0.1) is 0 Å². The summed E-state index contributed by atoms with van der Waals surface area (Å²) in [5, 5.41) is 3.35. The highest BCUT2D eigenvalue weighted by molar-refractivity contribution is 6.31. The van der Waals surface area contributed by atoms with E-state index in [9.17, 15) is 4.79 Å². The fourth-order valence-electron chi connectivity index (χ4n) is 2.03. The van der Waals surface area contributed by atoms with E-state index in [4.69, 9.17) is 17.3 Å². The van der Waals surface area contributed by atoms with Crippen molar-refractivity contribution < 1.29 is 4.79 Å². The van der Waals surface area contributed by atoms with Crippen LogP contribution in [0.25, 0.3) is 0 Å². The lowest BCUT2D eigenvalue weighted by molar-refractivity contribution is -0.116. The maximum Gasteiger partial charge on any atom is 0.225 e. The van der Waals surface area contributed by atoms with Gasteiger partial charge in [0, 0.05) is 24.5 Å². The van der Waals surface area contributed by atoms with Crippen LogP contribution in [-0.4, -0.2) is 30.9 Å². The molecule has 0 unspecified atom stereocenters. The van der Waals surface area contributed by atoms with Crippen LogP contribution in [0.15, 0.2) is 18.2 Å². The molecule has 0 radical (unpaired) electrons. The highest BCUT2D eigenvalue weighted by Gasteiger charge is 2.14. The first kappa shape index (κ1) is 16.8. The normalized spacial score (nSPS) is 11.7. The molecule has 0 spiro atoms. The van der Waals surface area contributed by atoms with Gasteiger partial charge in [-0.25, -0.2) is 0 Å². The highest BCUT2D eigenvalue weighted by Crippen LogP contribution is 2.23. The van der Waals surface area contributed by atoms with Crippen LogP contribution in [0.2, 0.25) is 5.02 Å². The van der Waals surface area contributed by atoms with Gasteiger partial charge in [0.25, 0.3) is 0 Å². The Labute approximate surface area is 126 Å². The summed E-state index contributed by atoms with van der Waals surface area (Å²) < 4.78 is 0. The molecule has 112 valence electrons. The quantitative estimate of drug-likeness (QED) is 0.820. The SMILES string of the molecule is CN(CCC(=O)Nc1cc(Cl)ccc1N)CC(C)(C)C. The topological polar surface area (TPSA) is 58.4 Å². The van der Waals surface area contributed by atoms with Crippen LogP contribution in [-0.2, 0) is 4.79 Å². The van der Waals surface area contributed by atoms with E-state index in [1.807, 2.05) is 7.05 Å². The molecule has 1 aromatic carbocycles. The number of nitrogen functional groups attached to an aromatic ring is 1. The molecular formula is C15H24ClN3O. The number of nitrogens with one attached hydrogen (secondary N) is 1. The Balaban J connectivity index is 2.46. The Kier molecular flexibility index (Phi) is 5.84. The largest absolute Gasteiger partial charge is 0.397 e. The van der Waals surface area contributed by atoms with E-state index in [0.717, 1.165) is 6.54 Å². The predicted molar refractivity (Wildman–Crippen MR) is 86.1 cm³/mol. The lowest BCUT2D eigenvalue weighted by Crippen LogP contribution is -2.31. The molecule has 1 amide bonds. The average molecular weight is 298 g/mol. The molecule has 3 N–H and O–H groups in total. The molecule has 0 heterocycles. The molecule has 4 nitrogen and oxygen atoms in total. The maximum absolute atomic E-state index is 11.9. The van der Waals surface area contributed by atoms with Gasteiger partial charge in [0.05, 0.1) is 11.4 Å². The molecule has 0 aliphatic heterocycles. The van der Waals surface area contributed by atoms with Crippen LogP contribution in [0.5, 0.6) is 0 Å². The molecule has 0 atom stereocenters. The second-order valence-corrected chi connectivity index (χ2v) is 6.76. The molecule has 0 saturated carbocycles. The Morgan fingerprint density at radius 2 is 2.05 bits per heavy atom. The number of anilines is 2. The average Bonchev–Trinajstić information content (AvgIpc) is 2.29. The number of hydrogen-bond donors (Lipinski definition) is 2. The second-order valence-electron chi connectivity index (χ2n) is 6.33.